The van der Waals surface area contributed by atoms with Crippen molar-refractivity contribution >= 4 is 17.5 Å². The molecule has 0 bridgehead atoms. The van der Waals surface area contributed by atoms with Gasteiger partial charge in [-0.25, -0.2) is 0 Å². The van der Waals surface area contributed by atoms with Gasteiger partial charge in [-0.3, -0.25) is 14.5 Å². The maximum atomic E-state index is 12.2. The van der Waals surface area contributed by atoms with Crippen molar-refractivity contribution in [3.05, 3.63) is 65.2 Å². The molecule has 2 aromatic rings. The van der Waals surface area contributed by atoms with E-state index in [-0.39, 0.29) is 18.5 Å². The Kier molecular flexibility index (Phi) is 3.13. The lowest BCUT2D eigenvalue weighted by atomic mass is 10.1. The second-order valence-electron chi connectivity index (χ2n) is 4.61. The normalized spacial score (nSPS) is 13.0. The minimum atomic E-state index is -0.306. The molecule has 1 aliphatic rings. The first kappa shape index (κ1) is 12.9. The van der Waals surface area contributed by atoms with Crippen LogP contribution in [0.3, 0.4) is 0 Å². The van der Waals surface area contributed by atoms with Crippen LogP contribution >= 0.6 is 0 Å². The second kappa shape index (κ2) is 5.10. The van der Waals surface area contributed by atoms with Gasteiger partial charge in [-0.05, 0) is 30.3 Å². The minimum Gasteiger partial charge on any atom is -0.367 e. The molecule has 0 aliphatic carbocycles. The molecule has 3 rings (SSSR count). The third kappa shape index (κ3) is 2.23. The summed E-state index contributed by atoms with van der Waals surface area (Å²) in [5, 5.41) is 11.8. The van der Waals surface area contributed by atoms with E-state index < -0.39 is 0 Å². The molecule has 0 radical (unpaired) electrons. The van der Waals surface area contributed by atoms with Crippen LogP contribution in [0.4, 0.5) is 5.69 Å². The van der Waals surface area contributed by atoms with E-state index in [0.29, 0.717) is 22.4 Å². The monoisotopic (exact) mass is 277 g/mol. The Morgan fingerprint density at radius 1 is 1.00 bits per heavy atom. The first-order valence-corrected chi connectivity index (χ1v) is 6.40. The van der Waals surface area contributed by atoms with Crippen molar-refractivity contribution < 1.29 is 9.59 Å². The quantitative estimate of drug-likeness (QED) is 0.873. The largest absolute Gasteiger partial charge is 0.367 e. The number of imide groups is 1. The van der Waals surface area contributed by atoms with Gasteiger partial charge < -0.3 is 5.32 Å². The zero-order valence-electron chi connectivity index (χ0n) is 11.0. The molecule has 0 spiro atoms. The van der Waals surface area contributed by atoms with Crippen molar-refractivity contribution in [1.82, 2.24) is 4.90 Å². The molecule has 5 nitrogen and oxygen atoms in total. The summed E-state index contributed by atoms with van der Waals surface area (Å²) in [5.74, 6) is -0.612. The lowest BCUT2D eigenvalue weighted by Gasteiger charge is -2.15. The van der Waals surface area contributed by atoms with Crippen molar-refractivity contribution in [3.8, 4) is 6.07 Å². The molecular formula is C16H11N3O2. The number of hydrogen-bond acceptors (Lipinski definition) is 4. The van der Waals surface area contributed by atoms with Crippen molar-refractivity contribution in [2.24, 2.45) is 0 Å². The molecule has 0 aromatic heterocycles. The number of nitriles is 1. The molecule has 1 N–H and O–H groups in total. The predicted molar refractivity (Wildman–Crippen MR) is 76.6 cm³/mol. The van der Waals surface area contributed by atoms with E-state index in [1.807, 2.05) is 6.07 Å². The Morgan fingerprint density at radius 3 is 2.29 bits per heavy atom. The van der Waals surface area contributed by atoms with E-state index in [0.717, 1.165) is 4.90 Å². The van der Waals surface area contributed by atoms with Crippen molar-refractivity contribution in [2.45, 2.75) is 0 Å². The van der Waals surface area contributed by atoms with Gasteiger partial charge in [0.1, 0.15) is 0 Å². The summed E-state index contributed by atoms with van der Waals surface area (Å²) in [6.45, 7) is 0.0707. The Balaban J connectivity index is 1.77. The zero-order chi connectivity index (χ0) is 14.8. The van der Waals surface area contributed by atoms with Gasteiger partial charge in [0.25, 0.3) is 11.8 Å². The van der Waals surface area contributed by atoms with E-state index in [1.54, 1.807) is 48.5 Å². The van der Waals surface area contributed by atoms with Crippen molar-refractivity contribution in [2.75, 3.05) is 12.0 Å². The molecule has 5 heteroatoms. The maximum Gasteiger partial charge on any atom is 0.263 e. The second-order valence-corrected chi connectivity index (χ2v) is 4.61. The van der Waals surface area contributed by atoms with Crippen LogP contribution < -0.4 is 5.32 Å². The number of amides is 2. The molecule has 0 saturated heterocycles. The summed E-state index contributed by atoms with van der Waals surface area (Å²) >= 11 is 0. The zero-order valence-corrected chi connectivity index (χ0v) is 11.0. The van der Waals surface area contributed by atoms with E-state index in [9.17, 15) is 9.59 Å². The highest BCUT2D eigenvalue weighted by atomic mass is 16.2. The number of carbonyl (C=O) groups is 2. The number of nitrogens with one attached hydrogen (secondary N) is 1. The SMILES string of the molecule is N#Cc1cccc(NCN2C(=O)c3ccccc3C2=O)c1. The number of anilines is 1. The fraction of sp³-hybridized carbons (Fsp3) is 0.0625. The van der Waals surface area contributed by atoms with Gasteiger partial charge in [-0.15, -0.1) is 0 Å². The molecule has 2 aromatic carbocycles. The van der Waals surface area contributed by atoms with Crippen LogP contribution in [0.1, 0.15) is 26.3 Å². The molecule has 2 amide bonds. The minimum absolute atomic E-state index is 0.0707. The topological polar surface area (TPSA) is 73.2 Å². The fourth-order valence-corrected chi connectivity index (χ4v) is 2.25. The van der Waals surface area contributed by atoms with Crippen molar-refractivity contribution in [1.29, 1.82) is 5.26 Å². The van der Waals surface area contributed by atoms with Gasteiger partial charge in [0, 0.05) is 5.69 Å². The first-order valence-electron chi connectivity index (χ1n) is 6.40. The number of fused-ring (bicyclic) bond motifs is 1. The number of carbonyl (C=O) groups excluding carboxylic acids is 2. The molecule has 0 saturated carbocycles. The molecule has 102 valence electrons. The van der Waals surface area contributed by atoms with Gasteiger partial charge in [0.05, 0.1) is 29.4 Å². The standard InChI is InChI=1S/C16H11N3O2/c17-9-11-4-3-5-12(8-11)18-10-19-15(20)13-6-1-2-7-14(13)16(19)21/h1-8,18H,10H2. The lowest BCUT2D eigenvalue weighted by Crippen LogP contribution is -2.34. The molecular weight excluding hydrogens is 266 g/mol. The predicted octanol–water partition coefficient (Wildman–Crippen LogP) is 2.22. The average Bonchev–Trinajstić information content (AvgIpc) is 2.78. The van der Waals surface area contributed by atoms with Crippen LogP contribution in [0.25, 0.3) is 0 Å². The van der Waals surface area contributed by atoms with Gasteiger partial charge >= 0.3 is 0 Å². The van der Waals surface area contributed by atoms with Crippen LogP contribution in [-0.2, 0) is 0 Å². The third-order valence-corrected chi connectivity index (χ3v) is 3.31. The van der Waals surface area contributed by atoms with Gasteiger partial charge in [0.2, 0.25) is 0 Å². The number of benzene rings is 2. The van der Waals surface area contributed by atoms with E-state index in [4.69, 9.17) is 5.26 Å². The molecule has 0 fully saturated rings. The summed E-state index contributed by atoms with van der Waals surface area (Å²) in [6, 6.07) is 15.7. The van der Waals surface area contributed by atoms with Crippen LogP contribution in [0.2, 0.25) is 0 Å². The first-order chi connectivity index (χ1) is 10.2. The van der Waals surface area contributed by atoms with Crippen LogP contribution in [-0.4, -0.2) is 23.4 Å². The Morgan fingerprint density at radius 2 is 1.67 bits per heavy atom. The van der Waals surface area contributed by atoms with E-state index in [2.05, 4.69) is 5.32 Å². The Hall–Kier alpha value is -3.13. The van der Waals surface area contributed by atoms with Crippen molar-refractivity contribution in [3.63, 3.8) is 0 Å². The molecule has 21 heavy (non-hydrogen) atoms. The van der Waals surface area contributed by atoms with Crippen LogP contribution in [0, 0.1) is 11.3 Å². The van der Waals surface area contributed by atoms with Crippen LogP contribution in [0.5, 0.6) is 0 Å². The highest BCUT2D eigenvalue weighted by Crippen LogP contribution is 2.22. The highest BCUT2D eigenvalue weighted by Gasteiger charge is 2.34. The smallest absolute Gasteiger partial charge is 0.263 e. The van der Waals surface area contributed by atoms with Gasteiger partial charge in [-0.2, -0.15) is 5.26 Å². The van der Waals surface area contributed by atoms with Crippen LogP contribution in [0.15, 0.2) is 48.5 Å². The summed E-state index contributed by atoms with van der Waals surface area (Å²) in [7, 11) is 0. The molecule has 1 aliphatic heterocycles. The highest BCUT2D eigenvalue weighted by molar-refractivity contribution is 6.21. The lowest BCUT2D eigenvalue weighted by molar-refractivity contribution is 0.0666. The summed E-state index contributed by atoms with van der Waals surface area (Å²) in [4.78, 5) is 25.5. The number of hydrogen-bond donors (Lipinski definition) is 1. The number of nitrogens with zero attached hydrogens (tertiary/aromatic N) is 2. The van der Waals surface area contributed by atoms with E-state index in [1.165, 1.54) is 0 Å². The third-order valence-electron chi connectivity index (χ3n) is 3.31. The van der Waals surface area contributed by atoms with Gasteiger partial charge in [-0.1, -0.05) is 18.2 Å². The molecule has 0 unspecified atom stereocenters. The number of rotatable bonds is 3. The molecule has 0 atom stereocenters. The maximum absolute atomic E-state index is 12.2. The average molecular weight is 277 g/mol. The molecule has 1 heterocycles. The summed E-state index contributed by atoms with van der Waals surface area (Å²) in [5.41, 5.74) is 2.05. The summed E-state index contributed by atoms with van der Waals surface area (Å²) in [6.07, 6.45) is 0. The Labute approximate surface area is 121 Å². The Bertz CT molecular complexity index is 742. The van der Waals surface area contributed by atoms with E-state index >= 15 is 0 Å². The summed E-state index contributed by atoms with van der Waals surface area (Å²) < 4.78 is 0. The fourth-order valence-electron chi connectivity index (χ4n) is 2.25. The van der Waals surface area contributed by atoms with Gasteiger partial charge in [0.15, 0.2) is 0 Å².